The van der Waals surface area contributed by atoms with E-state index in [4.69, 9.17) is 28.6 Å². The van der Waals surface area contributed by atoms with Crippen molar-refractivity contribution in [2.45, 2.75) is 46.1 Å². The number of hydrogen-bond acceptors (Lipinski definition) is 9. The van der Waals surface area contributed by atoms with Crippen LogP contribution >= 0.6 is 0 Å². The molecule has 0 aliphatic carbocycles. The van der Waals surface area contributed by atoms with E-state index in [-0.39, 0.29) is 30.6 Å². The molecule has 0 aromatic carbocycles. The second-order valence-electron chi connectivity index (χ2n) is 6.18. The Kier molecular flexibility index (Phi) is 7.09. The number of carbonyl (C=O) groups is 2. The van der Waals surface area contributed by atoms with Crippen LogP contribution in [0.1, 0.15) is 45.8 Å². The molecule has 2 rings (SSSR count). The molecule has 1 aromatic heterocycles. The fourth-order valence-electron chi connectivity index (χ4n) is 2.55. The number of furan rings is 1. The van der Waals surface area contributed by atoms with Gasteiger partial charge in [-0.05, 0) is 39.8 Å². The Balaban J connectivity index is 2.30. The molecular weight excluding hydrogens is 368 g/mol. The molecule has 0 saturated carbocycles. The number of allylic oxidation sites excluding steroid dienone is 2. The van der Waals surface area contributed by atoms with Gasteiger partial charge in [0.05, 0.1) is 36.3 Å². The van der Waals surface area contributed by atoms with Crippen LogP contribution in [0.2, 0.25) is 0 Å². The van der Waals surface area contributed by atoms with Gasteiger partial charge in [-0.15, -0.1) is 0 Å². The predicted molar refractivity (Wildman–Crippen MR) is 95.3 cm³/mol. The van der Waals surface area contributed by atoms with Gasteiger partial charge in [0, 0.05) is 0 Å². The van der Waals surface area contributed by atoms with Crippen molar-refractivity contribution < 1.29 is 33.0 Å². The standard InChI is InChI=1S/C19H22N2O7/c1-11(2)26-19(23)28-17-13(4)21-12(3)16(15(17)14-7-5-9-24-14)27-18(22)25-10-6-8-20/h5,7,9,11,15,21H,6,10H2,1-4H3. The quantitative estimate of drug-likeness (QED) is 0.566. The third-order valence-corrected chi connectivity index (χ3v) is 3.62. The Morgan fingerprint density at radius 3 is 2.39 bits per heavy atom. The first kappa shape index (κ1) is 20.9. The van der Waals surface area contributed by atoms with Gasteiger partial charge in [0.1, 0.15) is 29.8 Å². The maximum atomic E-state index is 12.1. The number of nitrogens with zero attached hydrogens (tertiary/aromatic N) is 1. The summed E-state index contributed by atoms with van der Waals surface area (Å²) < 4.78 is 26.1. The SMILES string of the molecule is CC1=C(OC(=O)OCCC#N)C(c2ccco2)C(OC(=O)OC(C)C)=C(C)N1. The molecule has 150 valence electrons. The van der Waals surface area contributed by atoms with E-state index >= 15 is 0 Å². The molecule has 1 unspecified atom stereocenters. The highest BCUT2D eigenvalue weighted by Crippen LogP contribution is 2.39. The molecule has 0 saturated heterocycles. The lowest BCUT2D eigenvalue weighted by Crippen LogP contribution is -2.29. The zero-order valence-electron chi connectivity index (χ0n) is 16.1. The maximum absolute atomic E-state index is 12.1. The van der Waals surface area contributed by atoms with E-state index in [0.717, 1.165) is 0 Å². The van der Waals surface area contributed by atoms with Crippen LogP contribution in [0.15, 0.2) is 45.7 Å². The van der Waals surface area contributed by atoms with Crippen molar-refractivity contribution in [3.63, 3.8) is 0 Å². The van der Waals surface area contributed by atoms with Gasteiger partial charge in [0.15, 0.2) is 0 Å². The van der Waals surface area contributed by atoms with Crippen molar-refractivity contribution in [2.24, 2.45) is 0 Å². The van der Waals surface area contributed by atoms with Crippen molar-refractivity contribution in [2.75, 3.05) is 6.61 Å². The zero-order chi connectivity index (χ0) is 20.7. The fourth-order valence-corrected chi connectivity index (χ4v) is 2.55. The van der Waals surface area contributed by atoms with Crippen LogP contribution in [0.3, 0.4) is 0 Å². The van der Waals surface area contributed by atoms with Crippen LogP contribution < -0.4 is 5.32 Å². The summed E-state index contributed by atoms with van der Waals surface area (Å²) >= 11 is 0. The maximum Gasteiger partial charge on any atom is 0.513 e. The molecule has 0 spiro atoms. The highest BCUT2D eigenvalue weighted by Gasteiger charge is 2.37. The van der Waals surface area contributed by atoms with Crippen molar-refractivity contribution in [3.05, 3.63) is 47.1 Å². The first-order valence-corrected chi connectivity index (χ1v) is 8.65. The van der Waals surface area contributed by atoms with E-state index in [0.29, 0.717) is 17.2 Å². The summed E-state index contributed by atoms with van der Waals surface area (Å²) in [5, 5.41) is 11.5. The van der Waals surface area contributed by atoms with Gasteiger partial charge in [-0.1, -0.05) is 0 Å². The molecule has 0 fully saturated rings. The van der Waals surface area contributed by atoms with Crippen LogP contribution in [0.4, 0.5) is 9.59 Å². The Hall–Kier alpha value is -3.41. The molecule has 28 heavy (non-hydrogen) atoms. The van der Waals surface area contributed by atoms with Crippen LogP contribution in [0.5, 0.6) is 0 Å². The van der Waals surface area contributed by atoms with E-state index in [1.54, 1.807) is 39.8 Å². The molecule has 1 aliphatic rings. The van der Waals surface area contributed by atoms with Gasteiger partial charge in [-0.25, -0.2) is 9.59 Å². The van der Waals surface area contributed by atoms with E-state index in [9.17, 15) is 9.59 Å². The van der Waals surface area contributed by atoms with Crippen LogP contribution in [0, 0.1) is 11.3 Å². The number of nitrogens with one attached hydrogen (secondary N) is 1. The number of nitriles is 1. The summed E-state index contributed by atoms with van der Waals surface area (Å²) in [5.74, 6) is -0.0901. The number of carbonyl (C=O) groups excluding carboxylic acids is 2. The Morgan fingerprint density at radius 2 is 1.86 bits per heavy atom. The normalized spacial score (nSPS) is 16.4. The third kappa shape index (κ3) is 5.30. The molecular formula is C19H22N2O7. The second-order valence-corrected chi connectivity index (χ2v) is 6.18. The highest BCUT2D eigenvalue weighted by molar-refractivity contribution is 5.64. The van der Waals surface area contributed by atoms with Gasteiger partial charge >= 0.3 is 12.3 Å². The minimum atomic E-state index is -0.980. The summed E-state index contributed by atoms with van der Waals surface area (Å²) in [6.07, 6.45) is -0.740. The monoisotopic (exact) mass is 390 g/mol. The van der Waals surface area contributed by atoms with Crippen LogP contribution in [-0.4, -0.2) is 25.0 Å². The predicted octanol–water partition coefficient (Wildman–Crippen LogP) is 4.06. The average Bonchev–Trinajstić information content (AvgIpc) is 3.13. The number of hydrogen-bond donors (Lipinski definition) is 1. The average molecular weight is 390 g/mol. The first-order valence-electron chi connectivity index (χ1n) is 8.65. The summed E-state index contributed by atoms with van der Waals surface area (Å²) in [7, 11) is 0. The molecule has 0 radical (unpaired) electrons. The van der Waals surface area contributed by atoms with E-state index in [1.165, 1.54) is 6.26 Å². The highest BCUT2D eigenvalue weighted by atomic mass is 16.7. The van der Waals surface area contributed by atoms with E-state index < -0.39 is 18.2 Å². The summed E-state index contributed by atoms with van der Waals surface area (Å²) in [6, 6.07) is 5.19. The summed E-state index contributed by atoms with van der Waals surface area (Å²) in [6.45, 7) is 6.70. The summed E-state index contributed by atoms with van der Waals surface area (Å²) in [4.78, 5) is 24.1. The van der Waals surface area contributed by atoms with Gasteiger partial charge in [0.2, 0.25) is 0 Å². The molecule has 2 heterocycles. The first-order chi connectivity index (χ1) is 13.3. The molecule has 1 N–H and O–H groups in total. The van der Waals surface area contributed by atoms with Crippen molar-refractivity contribution in [1.82, 2.24) is 5.32 Å². The van der Waals surface area contributed by atoms with Crippen molar-refractivity contribution in [3.8, 4) is 6.07 Å². The number of ether oxygens (including phenoxy) is 4. The fraction of sp³-hybridized carbons (Fsp3) is 0.421. The molecule has 1 aromatic rings. The molecule has 9 heteroatoms. The van der Waals surface area contributed by atoms with E-state index in [1.807, 2.05) is 6.07 Å². The van der Waals surface area contributed by atoms with E-state index in [2.05, 4.69) is 5.32 Å². The largest absolute Gasteiger partial charge is 0.513 e. The smallest absolute Gasteiger partial charge is 0.468 e. The van der Waals surface area contributed by atoms with Crippen LogP contribution in [-0.2, 0) is 18.9 Å². The molecule has 1 atom stereocenters. The number of rotatable bonds is 6. The minimum Gasteiger partial charge on any atom is -0.468 e. The third-order valence-electron chi connectivity index (χ3n) is 3.62. The lowest BCUT2D eigenvalue weighted by atomic mass is 9.95. The van der Waals surface area contributed by atoms with Crippen LogP contribution in [0.25, 0.3) is 0 Å². The lowest BCUT2D eigenvalue weighted by molar-refractivity contribution is 0.0448. The summed E-state index contributed by atoms with van der Waals surface area (Å²) in [5.41, 5.74) is 1.05. The minimum absolute atomic E-state index is 0.0431. The Bertz CT molecular complexity index is 816. The molecule has 1 aliphatic heterocycles. The van der Waals surface area contributed by atoms with Gasteiger partial charge in [0.25, 0.3) is 0 Å². The lowest BCUT2D eigenvalue weighted by Gasteiger charge is -2.28. The molecule has 0 amide bonds. The topological polar surface area (TPSA) is 120 Å². The Morgan fingerprint density at radius 1 is 1.21 bits per heavy atom. The molecule has 9 nitrogen and oxygen atoms in total. The molecule has 0 bridgehead atoms. The number of dihydropyridines is 1. The van der Waals surface area contributed by atoms with Gasteiger partial charge in [-0.2, -0.15) is 5.26 Å². The second kappa shape index (κ2) is 9.50. The van der Waals surface area contributed by atoms with Gasteiger partial charge in [-0.3, -0.25) is 0 Å². The Labute approximate surface area is 162 Å². The zero-order valence-corrected chi connectivity index (χ0v) is 16.1. The van der Waals surface area contributed by atoms with Gasteiger partial charge < -0.3 is 28.7 Å². The van der Waals surface area contributed by atoms with Crippen molar-refractivity contribution >= 4 is 12.3 Å². The van der Waals surface area contributed by atoms with Crippen molar-refractivity contribution in [1.29, 1.82) is 5.26 Å².